The fourth-order valence-corrected chi connectivity index (χ4v) is 2.50. The van der Waals surface area contributed by atoms with E-state index in [1.54, 1.807) is 37.3 Å². The van der Waals surface area contributed by atoms with E-state index in [1.807, 2.05) is 0 Å². The van der Waals surface area contributed by atoms with Gasteiger partial charge in [0.25, 0.3) is 5.91 Å². The van der Waals surface area contributed by atoms with Crippen LogP contribution in [0.25, 0.3) is 0 Å². The van der Waals surface area contributed by atoms with Crippen molar-refractivity contribution in [2.24, 2.45) is 5.10 Å². The predicted molar refractivity (Wildman–Crippen MR) is 98.8 cm³/mol. The molecule has 0 radical (unpaired) electrons. The fraction of sp³-hybridized carbons (Fsp3) is 0.125. The number of ether oxygens (including phenoxy) is 1. The molecule has 0 heterocycles. The summed E-state index contributed by atoms with van der Waals surface area (Å²) in [5.74, 6) is -0.0963. The van der Waals surface area contributed by atoms with Crippen LogP contribution in [0.1, 0.15) is 12.5 Å². The number of carbonyl (C=O) groups is 1. The van der Waals surface area contributed by atoms with Gasteiger partial charge in [-0.1, -0.05) is 58.5 Å². The first-order valence-electron chi connectivity index (χ1n) is 6.77. The molecule has 0 saturated heterocycles. The highest BCUT2D eigenvalue weighted by Crippen LogP contribution is 2.28. The summed E-state index contributed by atoms with van der Waals surface area (Å²) < 4.78 is 5.48. The van der Waals surface area contributed by atoms with Crippen LogP contribution in [0, 0.1) is 0 Å². The first-order chi connectivity index (χ1) is 11.4. The quantitative estimate of drug-likeness (QED) is 0.547. The van der Waals surface area contributed by atoms with Crippen LogP contribution >= 0.6 is 46.4 Å². The highest BCUT2D eigenvalue weighted by Gasteiger charge is 2.15. The van der Waals surface area contributed by atoms with E-state index in [0.717, 1.165) is 0 Å². The zero-order valence-corrected chi connectivity index (χ0v) is 15.4. The lowest BCUT2D eigenvalue weighted by Gasteiger charge is -2.14. The molecule has 0 aromatic heterocycles. The molecule has 4 nitrogen and oxygen atoms in total. The molecule has 1 unspecified atom stereocenters. The Hall–Kier alpha value is -1.46. The molecule has 0 bridgehead atoms. The van der Waals surface area contributed by atoms with E-state index in [9.17, 15) is 4.79 Å². The maximum absolute atomic E-state index is 12.0. The Bertz CT molecular complexity index is 781. The minimum absolute atomic E-state index is 0.316. The van der Waals surface area contributed by atoms with Crippen molar-refractivity contribution in [1.29, 1.82) is 0 Å². The van der Waals surface area contributed by atoms with E-state index >= 15 is 0 Å². The van der Waals surface area contributed by atoms with Crippen molar-refractivity contribution in [3.63, 3.8) is 0 Å². The number of benzene rings is 2. The number of hydrazone groups is 1. The van der Waals surface area contributed by atoms with Gasteiger partial charge in [-0.3, -0.25) is 4.79 Å². The van der Waals surface area contributed by atoms with Gasteiger partial charge in [-0.15, -0.1) is 0 Å². The molecule has 1 N–H and O–H groups in total. The van der Waals surface area contributed by atoms with Gasteiger partial charge < -0.3 is 4.74 Å². The zero-order valence-electron chi connectivity index (χ0n) is 12.4. The highest BCUT2D eigenvalue weighted by molar-refractivity contribution is 6.43. The van der Waals surface area contributed by atoms with Crippen molar-refractivity contribution >= 4 is 58.5 Å². The van der Waals surface area contributed by atoms with Crippen molar-refractivity contribution in [3.05, 3.63) is 62.1 Å². The molecule has 2 aromatic rings. The smallest absolute Gasteiger partial charge is 0.280 e. The van der Waals surface area contributed by atoms with Gasteiger partial charge in [-0.25, -0.2) is 5.43 Å². The lowest BCUT2D eigenvalue weighted by Crippen LogP contribution is -2.33. The lowest BCUT2D eigenvalue weighted by atomic mass is 10.2. The van der Waals surface area contributed by atoms with Crippen LogP contribution in [0.2, 0.25) is 20.1 Å². The Morgan fingerprint density at radius 3 is 2.62 bits per heavy atom. The molecule has 126 valence electrons. The second kappa shape index (κ2) is 8.58. The molecule has 1 atom stereocenters. The summed E-state index contributed by atoms with van der Waals surface area (Å²) in [6, 6.07) is 9.84. The molecule has 0 fully saturated rings. The number of hydrogen-bond acceptors (Lipinski definition) is 3. The third-order valence-electron chi connectivity index (χ3n) is 2.93. The minimum atomic E-state index is -0.810. The number of hydrogen-bond donors (Lipinski definition) is 1. The molecule has 24 heavy (non-hydrogen) atoms. The maximum Gasteiger partial charge on any atom is 0.280 e. The van der Waals surface area contributed by atoms with Gasteiger partial charge in [0.05, 0.1) is 21.3 Å². The van der Waals surface area contributed by atoms with Crippen molar-refractivity contribution in [2.75, 3.05) is 0 Å². The number of rotatable bonds is 5. The van der Waals surface area contributed by atoms with E-state index in [1.165, 1.54) is 12.3 Å². The molecule has 0 spiro atoms. The summed E-state index contributed by atoms with van der Waals surface area (Å²) in [4.78, 5) is 12.0. The largest absolute Gasteiger partial charge is 0.479 e. The molecule has 0 aliphatic carbocycles. The van der Waals surface area contributed by atoms with Gasteiger partial charge >= 0.3 is 0 Å². The Morgan fingerprint density at radius 2 is 1.92 bits per heavy atom. The Balaban J connectivity index is 1.96. The standard InChI is InChI=1S/C16H12Cl4N2O2/c1-9(24-14-6-5-11(17)7-13(14)19)16(23)22-21-8-10-3-2-4-12(18)15(10)20/h2-9H,1H3,(H,22,23)/b21-8+. The van der Waals surface area contributed by atoms with Crippen LogP contribution in [-0.2, 0) is 4.79 Å². The summed E-state index contributed by atoms with van der Waals surface area (Å²) in [6.45, 7) is 1.57. The van der Waals surface area contributed by atoms with Gasteiger partial charge in [-0.05, 0) is 31.2 Å². The molecule has 0 aliphatic heterocycles. The summed E-state index contributed by atoms with van der Waals surface area (Å²) in [7, 11) is 0. The third kappa shape index (κ3) is 5.02. The van der Waals surface area contributed by atoms with E-state index in [0.29, 0.717) is 31.4 Å². The first-order valence-corrected chi connectivity index (χ1v) is 8.28. The first kappa shape index (κ1) is 18.9. The Morgan fingerprint density at radius 1 is 1.17 bits per heavy atom. The molecular formula is C16H12Cl4N2O2. The van der Waals surface area contributed by atoms with Crippen molar-refractivity contribution in [1.82, 2.24) is 5.43 Å². The van der Waals surface area contributed by atoms with Crippen molar-refractivity contribution in [2.45, 2.75) is 13.0 Å². The lowest BCUT2D eigenvalue weighted by molar-refractivity contribution is -0.127. The molecule has 1 amide bonds. The van der Waals surface area contributed by atoms with E-state index in [4.69, 9.17) is 51.1 Å². The minimum Gasteiger partial charge on any atom is -0.479 e. The number of halogens is 4. The van der Waals surface area contributed by atoms with E-state index in [-0.39, 0.29) is 0 Å². The van der Waals surface area contributed by atoms with Crippen LogP contribution in [0.15, 0.2) is 41.5 Å². The van der Waals surface area contributed by atoms with Gasteiger partial charge in [-0.2, -0.15) is 5.10 Å². The predicted octanol–water partition coefficient (Wildman–Crippen LogP) is 5.22. The second-order valence-corrected chi connectivity index (χ2v) is 6.34. The molecular weight excluding hydrogens is 394 g/mol. The van der Waals surface area contributed by atoms with Gasteiger partial charge in [0.1, 0.15) is 5.75 Å². The van der Waals surface area contributed by atoms with E-state index < -0.39 is 12.0 Å². The molecule has 8 heteroatoms. The zero-order chi connectivity index (χ0) is 17.7. The number of amides is 1. The number of nitrogens with one attached hydrogen (secondary N) is 1. The average molecular weight is 406 g/mol. The maximum atomic E-state index is 12.0. The molecule has 0 saturated carbocycles. The van der Waals surface area contributed by atoms with Crippen molar-refractivity contribution < 1.29 is 9.53 Å². The summed E-state index contributed by atoms with van der Waals surface area (Å²) >= 11 is 23.7. The van der Waals surface area contributed by atoms with Crippen LogP contribution in [0.4, 0.5) is 0 Å². The van der Waals surface area contributed by atoms with Crippen molar-refractivity contribution in [3.8, 4) is 5.75 Å². The fourth-order valence-electron chi connectivity index (χ4n) is 1.69. The number of carbonyl (C=O) groups excluding carboxylic acids is 1. The summed E-state index contributed by atoms with van der Waals surface area (Å²) in [5.41, 5.74) is 2.95. The van der Waals surface area contributed by atoms with Gasteiger partial charge in [0.15, 0.2) is 6.10 Å². The SMILES string of the molecule is CC(Oc1ccc(Cl)cc1Cl)C(=O)N/N=C/c1cccc(Cl)c1Cl. The molecule has 2 aromatic carbocycles. The normalized spacial score (nSPS) is 12.2. The van der Waals surface area contributed by atoms with E-state index in [2.05, 4.69) is 10.5 Å². The van der Waals surface area contributed by atoms with Gasteiger partial charge in [0.2, 0.25) is 0 Å². The Labute approximate surface area is 159 Å². The Kier molecular flexibility index (Phi) is 6.75. The number of nitrogens with zero attached hydrogens (tertiary/aromatic N) is 1. The molecule has 0 aliphatic rings. The van der Waals surface area contributed by atoms with Crippen LogP contribution in [0.5, 0.6) is 5.75 Å². The summed E-state index contributed by atoms with van der Waals surface area (Å²) in [6.07, 6.45) is 0.587. The monoisotopic (exact) mass is 404 g/mol. The second-order valence-electron chi connectivity index (χ2n) is 4.71. The van der Waals surface area contributed by atoms with Crippen LogP contribution in [0.3, 0.4) is 0 Å². The van der Waals surface area contributed by atoms with Crippen LogP contribution < -0.4 is 10.2 Å². The average Bonchev–Trinajstić information content (AvgIpc) is 2.54. The molecule has 2 rings (SSSR count). The third-order valence-corrected chi connectivity index (χ3v) is 4.29. The van der Waals surface area contributed by atoms with Crippen LogP contribution in [-0.4, -0.2) is 18.2 Å². The van der Waals surface area contributed by atoms with Gasteiger partial charge in [0, 0.05) is 10.6 Å². The highest BCUT2D eigenvalue weighted by atomic mass is 35.5. The summed E-state index contributed by atoms with van der Waals surface area (Å²) in [5, 5.41) is 5.40. The topological polar surface area (TPSA) is 50.7 Å².